The van der Waals surface area contributed by atoms with Crippen LogP contribution in [0, 0.1) is 5.92 Å². The average Bonchev–Trinajstić information content (AvgIpc) is 3.63. The van der Waals surface area contributed by atoms with Gasteiger partial charge in [0.2, 0.25) is 11.8 Å². The first-order valence-corrected chi connectivity index (χ1v) is 13.3. The first kappa shape index (κ1) is 28.3. The zero-order valence-corrected chi connectivity index (χ0v) is 22.4. The van der Waals surface area contributed by atoms with Crippen LogP contribution < -0.4 is 11.1 Å². The second-order valence-corrected chi connectivity index (χ2v) is 10.7. The number of carbonyl (C=O) groups excluding carboxylic acids is 2. The molecule has 2 amide bonds. The third kappa shape index (κ3) is 5.92. The zero-order valence-electron chi connectivity index (χ0n) is 22.4. The van der Waals surface area contributed by atoms with E-state index in [-0.39, 0.29) is 52.6 Å². The van der Waals surface area contributed by atoms with Gasteiger partial charge in [0, 0.05) is 23.2 Å². The number of likely N-dealkylation sites (tertiary alicyclic amines) is 1. The number of pyridine rings is 1. The molecule has 4 aromatic rings. The molecule has 2 fully saturated rings. The van der Waals surface area contributed by atoms with E-state index in [4.69, 9.17) is 10.2 Å². The molecular weight excluding hydrogens is 573 g/mol. The van der Waals surface area contributed by atoms with Crippen LogP contribution in [0.4, 0.5) is 27.8 Å². The Bertz CT molecular complexity index is 1680. The highest BCUT2D eigenvalue weighted by Crippen LogP contribution is 2.47. The number of amides is 2. The fourth-order valence-electron chi connectivity index (χ4n) is 5.10. The third-order valence-electron chi connectivity index (χ3n) is 7.51. The molecule has 6 rings (SSSR count). The summed E-state index contributed by atoms with van der Waals surface area (Å²) in [5.74, 6) is -3.59. The number of halogens is 5. The lowest BCUT2D eigenvalue weighted by molar-refractivity contribution is -0.137. The second kappa shape index (κ2) is 10.5. The quantitative estimate of drug-likeness (QED) is 0.272. The maximum atomic E-state index is 14.1. The van der Waals surface area contributed by atoms with Crippen molar-refractivity contribution in [2.75, 3.05) is 18.8 Å². The standard InChI is InChI=1S/C30H24F5N5O3/c31-29(32)14-40(15-29)28(42)17-3-1-16(2-4-17)18-5-7-21(24(9-18)30(33,34)35)27-39-13-20(43-27)12-38-26(41)23-10-22(23)19-6-8-25(36)37-11-19/h1-9,11,13,22-23H,10,12,14-15H2,(H2,36,37)(H,38,41). The fraction of sp³-hybridized carbons (Fsp3) is 0.267. The van der Waals surface area contributed by atoms with Crippen LogP contribution in [0.1, 0.15) is 39.6 Å². The van der Waals surface area contributed by atoms with Gasteiger partial charge in [-0.3, -0.25) is 9.59 Å². The van der Waals surface area contributed by atoms with Crippen LogP contribution in [0.15, 0.2) is 71.4 Å². The first-order chi connectivity index (χ1) is 20.4. The number of nitrogen functional groups attached to an aromatic ring is 1. The predicted octanol–water partition coefficient (Wildman–Crippen LogP) is 5.52. The van der Waals surface area contributed by atoms with Crippen LogP contribution >= 0.6 is 0 Å². The molecule has 0 radical (unpaired) electrons. The maximum absolute atomic E-state index is 14.1. The van der Waals surface area contributed by atoms with Gasteiger partial charge in [-0.25, -0.2) is 18.7 Å². The molecule has 3 N–H and O–H groups in total. The lowest BCUT2D eigenvalue weighted by Gasteiger charge is -2.38. The Morgan fingerprint density at radius 1 is 1.00 bits per heavy atom. The molecule has 3 heterocycles. The van der Waals surface area contributed by atoms with E-state index in [1.807, 2.05) is 6.07 Å². The Balaban J connectivity index is 1.13. The van der Waals surface area contributed by atoms with Crippen molar-refractivity contribution in [3.63, 3.8) is 0 Å². The zero-order chi connectivity index (χ0) is 30.5. The molecule has 8 nitrogen and oxygen atoms in total. The molecule has 222 valence electrons. The van der Waals surface area contributed by atoms with Gasteiger partial charge < -0.3 is 20.4 Å². The van der Waals surface area contributed by atoms with Gasteiger partial charge >= 0.3 is 6.18 Å². The lowest BCUT2D eigenvalue weighted by Crippen LogP contribution is -2.58. The summed E-state index contributed by atoms with van der Waals surface area (Å²) >= 11 is 0. The molecule has 13 heteroatoms. The summed E-state index contributed by atoms with van der Waals surface area (Å²) < 4.78 is 74.1. The number of nitrogens with two attached hydrogens (primary N) is 1. The second-order valence-electron chi connectivity index (χ2n) is 10.7. The number of oxazole rings is 1. The summed E-state index contributed by atoms with van der Waals surface area (Å²) in [6.07, 6.45) is -1.20. The monoisotopic (exact) mass is 597 g/mol. The Morgan fingerprint density at radius 3 is 2.37 bits per heavy atom. The number of rotatable bonds is 7. The number of hydrogen-bond acceptors (Lipinski definition) is 6. The predicted molar refractivity (Wildman–Crippen MR) is 145 cm³/mol. The number of nitrogens with zero attached hydrogens (tertiary/aromatic N) is 3. The summed E-state index contributed by atoms with van der Waals surface area (Å²) in [5, 5.41) is 2.74. The molecule has 1 aliphatic heterocycles. The van der Waals surface area contributed by atoms with Gasteiger partial charge in [0.05, 0.1) is 31.4 Å². The van der Waals surface area contributed by atoms with Crippen molar-refractivity contribution < 1.29 is 36.0 Å². The molecule has 2 aromatic heterocycles. The molecule has 2 aliphatic rings. The van der Waals surface area contributed by atoms with Crippen molar-refractivity contribution in [1.29, 1.82) is 0 Å². The summed E-state index contributed by atoms with van der Waals surface area (Å²) in [5.41, 5.74) is 6.02. The van der Waals surface area contributed by atoms with Crippen LogP contribution in [0.25, 0.3) is 22.6 Å². The molecule has 0 bridgehead atoms. The maximum Gasteiger partial charge on any atom is 0.417 e. The van der Waals surface area contributed by atoms with E-state index in [0.717, 1.165) is 16.5 Å². The Morgan fingerprint density at radius 2 is 1.72 bits per heavy atom. The van der Waals surface area contributed by atoms with E-state index in [0.29, 0.717) is 17.8 Å². The molecule has 2 aromatic carbocycles. The lowest BCUT2D eigenvalue weighted by atomic mass is 9.97. The van der Waals surface area contributed by atoms with Crippen molar-refractivity contribution in [3.8, 4) is 22.6 Å². The molecule has 1 aliphatic carbocycles. The Hall–Kier alpha value is -4.81. The van der Waals surface area contributed by atoms with Gasteiger partial charge in [0.25, 0.3) is 11.8 Å². The molecule has 1 saturated heterocycles. The number of carbonyl (C=O) groups is 2. The number of alkyl halides is 5. The number of hydrogen-bond donors (Lipinski definition) is 2. The molecule has 1 saturated carbocycles. The smallest absolute Gasteiger partial charge is 0.417 e. The van der Waals surface area contributed by atoms with Crippen LogP contribution in [0.2, 0.25) is 0 Å². The molecular formula is C30H24F5N5O3. The summed E-state index contributed by atoms with van der Waals surface area (Å²) in [4.78, 5) is 34.0. The van der Waals surface area contributed by atoms with Gasteiger partial charge in [0.15, 0.2) is 0 Å². The third-order valence-corrected chi connectivity index (χ3v) is 7.51. The largest absolute Gasteiger partial charge is 0.439 e. The minimum absolute atomic E-state index is 0.0245. The van der Waals surface area contributed by atoms with Crippen molar-refractivity contribution in [3.05, 3.63) is 89.4 Å². The van der Waals surface area contributed by atoms with Gasteiger partial charge in [-0.05, 0) is 59.4 Å². The van der Waals surface area contributed by atoms with Crippen LogP contribution in [-0.2, 0) is 17.5 Å². The van der Waals surface area contributed by atoms with Gasteiger partial charge in [-0.15, -0.1) is 0 Å². The van der Waals surface area contributed by atoms with Crippen LogP contribution in [0.5, 0.6) is 0 Å². The SMILES string of the molecule is Nc1ccc(C2CC2C(=O)NCc2cnc(-c3ccc(-c4ccc(C(=O)N5CC(F)(F)C5)cc4)cc3C(F)(F)F)o2)cn1. The van der Waals surface area contributed by atoms with Gasteiger partial charge in [-0.2, -0.15) is 13.2 Å². The number of nitrogens with one attached hydrogen (secondary N) is 1. The molecule has 43 heavy (non-hydrogen) atoms. The highest BCUT2D eigenvalue weighted by molar-refractivity contribution is 5.95. The highest BCUT2D eigenvalue weighted by Gasteiger charge is 2.46. The van der Waals surface area contributed by atoms with Crippen LogP contribution in [-0.4, -0.2) is 45.7 Å². The number of benzene rings is 2. The van der Waals surface area contributed by atoms with Crippen molar-refractivity contribution >= 4 is 17.6 Å². The van der Waals surface area contributed by atoms with Gasteiger partial charge in [0.1, 0.15) is 11.6 Å². The number of anilines is 1. The van der Waals surface area contributed by atoms with Crippen LogP contribution in [0.3, 0.4) is 0 Å². The molecule has 0 spiro atoms. The fourth-order valence-corrected chi connectivity index (χ4v) is 5.10. The topological polar surface area (TPSA) is 114 Å². The van der Waals surface area contributed by atoms with E-state index in [1.54, 1.807) is 12.3 Å². The molecule has 2 atom stereocenters. The normalized spacial score (nSPS) is 19.0. The van der Waals surface area contributed by atoms with E-state index in [1.165, 1.54) is 42.6 Å². The minimum atomic E-state index is -4.75. The Kier molecular flexibility index (Phi) is 6.90. The number of aromatic nitrogens is 2. The minimum Gasteiger partial charge on any atom is -0.439 e. The van der Waals surface area contributed by atoms with Crippen molar-refractivity contribution in [1.82, 2.24) is 20.2 Å². The van der Waals surface area contributed by atoms with E-state index in [2.05, 4.69) is 15.3 Å². The summed E-state index contributed by atoms with van der Waals surface area (Å²) in [6, 6.07) is 12.8. The average molecular weight is 598 g/mol. The first-order valence-electron chi connectivity index (χ1n) is 13.3. The summed E-state index contributed by atoms with van der Waals surface area (Å²) in [6.45, 7) is -1.38. The van der Waals surface area contributed by atoms with E-state index in [9.17, 15) is 31.5 Å². The van der Waals surface area contributed by atoms with Crippen molar-refractivity contribution in [2.45, 2.75) is 31.0 Å². The van der Waals surface area contributed by atoms with E-state index < -0.39 is 36.7 Å². The molecule has 2 unspecified atom stereocenters. The van der Waals surface area contributed by atoms with Gasteiger partial charge in [-0.1, -0.05) is 24.3 Å². The van der Waals surface area contributed by atoms with Crippen molar-refractivity contribution in [2.24, 2.45) is 5.92 Å². The Labute approximate surface area is 241 Å². The highest BCUT2D eigenvalue weighted by atomic mass is 19.4. The summed E-state index contributed by atoms with van der Waals surface area (Å²) in [7, 11) is 0. The van der Waals surface area contributed by atoms with E-state index >= 15 is 0 Å².